The molecule has 1 amide bonds. The Bertz CT molecular complexity index is 917. The van der Waals surface area contributed by atoms with Gasteiger partial charge in [0.2, 0.25) is 0 Å². The van der Waals surface area contributed by atoms with Gasteiger partial charge in [-0.05, 0) is 63.2 Å². The van der Waals surface area contributed by atoms with E-state index in [4.69, 9.17) is 0 Å². The van der Waals surface area contributed by atoms with E-state index in [1.165, 1.54) is 37.8 Å². The minimum absolute atomic E-state index is 0. The molecule has 1 aliphatic rings. The van der Waals surface area contributed by atoms with Crippen LogP contribution >= 0.6 is 12.4 Å². The van der Waals surface area contributed by atoms with Gasteiger partial charge in [0.05, 0.1) is 4.92 Å². The Morgan fingerprint density at radius 1 is 1.03 bits per heavy atom. The van der Waals surface area contributed by atoms with Crippen molar-refractivity contribution in [3.8, 4) is 0 Å². The molecule has 2 N–H and O–H groups in total. The molecule has 0 unspecified atom stereocenters. The Hall–Kier alpha value is -2.78. The van der Waals surface area contributed by atoms with Crippen LogP contribution in [0.3, 0.4) is 0 Å². The lowest BCUT2D eigenvalue weighted by atomic mass is 10.1. The Balaban J connectivity index is 0.00000363. The van der Waals surface area contributed by atoms with Crippen LogP contribution in [0, 0.1) is 21.7 Å². The third-order valence-corrected chi connectivity index (χ3v) is 5.24. The number of benzene rings is 2. The summed E-state index contributed by atoms with van der Waals surface area (Å²) >= 11 is 0. The van der Waals surface area contributed by atoms with Crippen molar-refractivity contribution in [2.24, 2.45) is 0 Å². The summed E-state index contributed by atoms with van der Waals surface area (Å²) in [6.45, 7) is 3.70. The summed E-state index contributed by atoms with van der Waals surface area (Å²) in [4.78, 5) is 25.7. The number of nitrogens with one attached hydrogen (secondary N) is 2. The predicted octanol–water partition coefficient (Wildman–Crippen LogP) is 5.23. The lowest BCUT2D eigenvalue weighted by molar-refractivity contribution is -0.384. The van der Waals surface area contributed by atoms with E-state index < -0.39 is 22.5 Å². The third-order valence-electron chi connectivity index (χ3n) is 5.24. The summed E-state index contributed by atoms with van der Waals surface area (Å²) in [7, 11) is 0. The second-order valence-electron chi connectivity index (χ2n) is 7.64. The number of nitro benzene ring substituents is 1. The lowest BCUT2D eigenvalue weighted by Gasteiger charge is -2.19. The fourth-order valence-electron chi connectivity index (χ4n) is 3.69. The fourth-order valence-corrected chi connectivity index (χ4v) is 3.69. The monoisotopic (exact) mass is 468 g/mol. The zero-order valence-corrected chi connectivity index (χ0v) is 18.4. The second kappa shape index (κ2) is 12.3. The molecule has 0 saturated carbocycles. The minimum Gasteiger partial charge on any atom is -0.379 e. The zero-order valence-electron chi connectivity index (χ0n) is 17.6. The van der Waals surface area contributed by atoms with Crippen molar-refractivity contribution in [2.75, 3.05) is 36.8 Å². The molecule has 2 aromatic carbocycles. The highest BCUT2D eigenvalue weighted by atomic mass is 35.5. The number of rotatable bonds is 8. The first-order valence-corrected chi connectivity index (χ1v) is 10.4. The number of anilines is 2. The number of carbonyl (C=O) groups excluding carboxylic acids is 1. The van der Waals surface area contributed by atoms with Crippen LogP contribution in [0.15, 0.2) is 36.4 Å². The van der Waals surface area contributed by atoms with Gasteiger partial charge in [-0.1, -0.05) is 12.8 Å². The number of hydrogen-bond acceptors (Lipinski definition) is 5. The van der Waals surface area contributed by atoms with Gasteiger partial charge in [0, 0.05) is 29.9 Å². The van der Waals surface area contributed by atoms with E-state index >= 15 is 0 Å². The SMILES string of the molecule is Cl.O=C(Nc1cc(F)cc(F)c1)c1ccc(NCCCN2CCCCCC2)c([N+](=O)[O-])c1. The van der Waals surface area contributed by atoms with E-state index in [0.29, 0.717) is 18.3 Å². The molecule has 0 spiro atoms. The number of carbonyl (C=O) groups is 1. The quantitative estimate of drug-likeness (QED) is 0.315. The molecule has 2 aromatic rings. The van der Waals surface area contributed by atoms with Gasteiger partial charge >= 0.3 is 0 Å². The van der Waals surface area contributed by atoms with Gasteiger partial charge in [-0.3, -0.25) is 14.9 Å². The van der Waals surface area contributed by atoms with E-state index in [2.05, 4.69) is 15.5 Å². The summed E-state index contributed by atoms with van der Waals surface area (Å²) in [5.41, 5.74) is 0.0504. The summed E-state index contributed by atoms with van der Waals surface area (Å²) in [6.07, 6.45) is 5.82. The van der Waals surface area contributed by atoms with Crippen molar-refractivity contribution < 1.29 is 18.5 Å². The molecule has 0 aromatic heterocycles. The zero-order chi connectivity index (χ0) is 22.2. The van der Waals surface area contributed by atoms with Gasteiger partial charge in [-0.2, -0.15) is 0 Å². The molecular formula is C22H27ClF2N4O3. The average molecular weight is 469 g/mol. The summed E-state index contributed by atoms with van der Waals surface area (Å²) in [6, 6.07) is 6.70. The smallest absolute Gasteiger partial charge is 0.293 e. The molecule has 7 nitrogen and oxygen atoms in total. The van der Waals surface area contributed by atoms with Crippen LogP contribution < -0.4 is 10.6 Å². The number of nitro groups is 1. The first-order chi connectivity index (χ1) is 14.9. The maximum Gasteiger partial charge on any atom is 0.293 e. The maximum absolute atomic E-state index is 13.3. The third kappa shape index (κ3) is 7.42. The molecule has 1 heterocycles. The second-order valence-corrected chi connectivity index (χ2v) is 7.64. The number of hydrogen-bond donors (Lipinski definition) is 2. The van der Waals surface area contributed by atoms with E-state index in [-0.39, 0.29) is 29.3 Å². The molecule has 0 atom stereocenters. The van der Waals surface area contributed by atoms with Crippen molar-refractivity contribution in [2.45, 2.75) is 32.1 Å². The molecule has 0 bridgehead atoms. The largest absolute Gasteiger partial charge is 0.379 e. The predicted molar refractivity (Wildman–Crippen MR) is 123 cm³/mol. The average Bonchev–Trinajstić information content (AvgIpc) is 2.99. The van der Waals surface area contributed by atoms with Crippen LogP contribution in [0.25, 0.3) is 0 Å². The molecule has 32 heavy (non-hydrogen) atoms. The maximum atomic E-state index is 13.3. The first-order valence-electron chi connectivity index (χ1n) is 10.4. The van der Waals surface area contributed by atoms with Crippen molar-refractivity contribution >= 4 is 35.4 Å². The van der Waals surface area contributed by atoms with E-state index in [9.17, 15) is 23.7 Å². The van der Waals surface area contributed by atoms with Crippen molar-refractivity contribution in [1.82, 2.24) is 4.90 Å². The normalized spacial score (nSPS) is 14.2. The van der Waals surface area contributed by atoms with Gasteiger partial charge in [0.15, 0.2) is 0 Å². The summed E-state index contributed by atoms with van der Waals surface area (Å²) in [5.74, 6) is -2.36. The Morgan fingerprint density at radius 2 is 1.69 bits per heavy atom. The number of amides is 1. The lowest BCUT2D eigenvalue weighted by Crippen LogP contribution is -2.27. The highest BCUT2D eigenvalue weighted by Gasteiger charge is 2.18. The van der Waals surface area contributed by atoms with Gasteiger partial charge < -0.3 is 15.5 Å². The molecule has 3 rings (SSSR count). The Labute approximate surface area is 191 Å². The minimum atomic E-state index is -0.832. The van der Waals surface area contributed by atoms with Crippen LogP contribution in [-0.4, -0.2) is 41.9 Å². The number of nitrogens with zero attached hydrogens (tertiary/aromatic N) is 2. The van der Waals surface area contributed by atoms with Crippen LogP contribution in [0.2, 0.25) is 0 Å². The van der Waals surface area contributed by atoms with E-state index in [0.717, 1.165) is 44.3 Å². The number of likely N-dealkylation sites (tertiary alicyclic amines) is 1. The van der Waals surface area contributed by atoms with Crippen molar-refractivity contribution in [3.63, 3.8) is 0 Å². The molecular weight excluding hydrogens is 442 g/mol. The molecule has 1 aliphatic heterocycles. The summed E-state index contributed by atoms with van der Waals surface area (Å²) in [5, 5.41) is 16.9. The summed E-state index contributed by atoms with van der Waals surface area (Å²) < 4.78 is 26.6. The highest BCUT2D eigenvalue weighted by Crippen LogP contribution is 2.26. The van der Waals surface area contributed by atoms with Gasteiger partial charge in [-0.25, -0.2) is 8.78 Å². The Kier molecular flexibility index (Phi) is 9.80. The standard InChI is InChI=1S/C22H26F2N4O3.ClH/c23-17-13-18(24)15-19(14-17)26-22(29)16-6-7-20(21(12-16)28(30)31)25-8-5-11-27-9-3-1-2-4-10-27;/h6-7,12-15,25H,1-5,8-11H2,(H,26,29);1H. The molecule has 174 valence electrons. The number of halogens is 3. The topological polar surface area (TPSA) is 87.5 Å². The first kappa shape index (κ1) is 25.5. The molecule has 0 radical (unpaired) electrons. The molecule has 0 aliphatic carbocycles. The molecule has 10 heteroatoms. The van der Waals surface area contributed by atoms with Crippen molar-refractivity contribution in [1.29, 1.82) is 0 Å². The fraction of sp³-hybridized carbons (Fsp3) is 0.409. The van der Waals surface area contributed by atoms with Gasteiger partial charge in [-0.15, -0.1) is 12.4 Å². The van der Waals surface area contributed by atoms with Gasteiger partial charge in [0.1, 0.15) is 17.3 Å². The van der Waals surface area contributed by atoms with Crippen molar-refractivity contribution in [3.05, 3.63) is 63.7 Å². The van der Waals surface area contributed by atoms with Crippen LogP contribution in [0.5, 0.6) is 0 Å². The highest BCUT2D eigenvalue weighted by molar-refractivity contribution is 6.05. The van der Waals surface area contributed by atoms with Crippen LogP contribution in [0.4, 0.5) is 25.8 Å². The van der Waals surface area contributed by atoms with Crippen LogP contribution in [-0.2, 0) is 0 Å². The van der Waals surface area contributed by atoms with E-state index in [1.54, 1.807) is 0 Å². The molecule has 1 fully saturated rings. The van der Waals surface area contributed by atoms with Gasteiger partial charge in [0.25, 0.3) is 11.6 Å². The Morgan fingerprint density at radius 3 is 2.31 bits per heavy atom. The van der Waals surface area contributed by atoms with Crippen LogP contribution in [0.1, 0.15) is 42.5 Å². The molecule has 1 saturated heterocycles. The van der Waals surface area contributed by atoms with E-state index in [1.807, 2.05) is 0 Å².